The molecule has 4 aliphatic carbocycles. The van der Waals surface area contributed by atoms with Gasteiger partial charge in [-0.1, -0.05) is 0 Å². The Bertz CT molecular complexity index is 461. The van der Waals surface area contributed by atoms with Crippen molar-refractivity contribution in [3.63, 3.8) is 0 Å². The molecule has 0 atom stereocenters. The number of amides is 1. The minimum atomic E-state index is 0.236. The topological polar surface area (TPSA) is 42.0 Å². The van der Waals surface area contributed by atoms with E-state index in [4.69, 9.17) is 0 Å². The van der Waals surface area contributed by atoms with Gasteiger partial charge < -0.3 is 5.32 Å². The fourth-order valence-corrected chi connectivity index (χ4v) is 5.98. The van der Waals surface area contributed by atoms with Gasteiger partial charge in [0.15, 0.2) is 0 Å². The molecule has 0 unspecified atom stereocenters. The third-order valence-electron chi connectivity index (χ3n) is 5.65. The van der Waals surface area contributed by atoms with Crippen LogP contribution in [0.5, 0.6) is 0 Å². The average Bonchev–Trinajstić information content (AvgIpc) is 2.87. The number of nitrogens with one attached hydrogen (secondary N) is 1. The van der Waals surface area contributed by atoms with Crippen LogP contribution in [0.3, 0.4) is 0 Å². The lowest BCUT2D eigenvalue weighted by Gasteiger charge is -2.56. The second-order valence-electron chi connectivity index (χ2n) is 7.35. The highest BCUT2D eigenvalue weighted by Gasteiger charge is 2.51. The van der Waals surface area contributed by atoms with Gasteiger partial charge in [-0.15, -0.1) is 11.3 Å². The summed E-state index contributed by atoms with van der Waals surface area (Å²) >= 11 is 1.58. The van der Waals surface area contributed by atoms with Gasteiger partial charge in [0, 0.05) is 11.8 Å². The Morgan fingerprint density at radius 1 is 1.25 bits per heavy atom. The molecule has 4 saturated carbocycles. The molecule has 3 nitrogen and oxygen atoms in total. The van der Waals surface area contributed by atoms with E-state index in [2.05, 4.69) is 10.3 Å². The zero-order valence-electron chi connectivity index (χ0n) is 11.8. The van der Waals surface area contributed by atoms with E-state index < -0.39 is 0 Å². The molecule has 4 aliphatic rings. The summed E-state index contributed by atoms with van der Waals surface area (Å²) in [6.45, 7) is 0.592. The molecule has 1 amide bonds. The smallest absolute Gasteiger partial charge is 0.220 e. The summed E-state index contributed by atoms with van der Waals surface area (Å²) in [6, 6.07) is 0. The van der Waals surface area contributed by atoms with Crippen molar-refractivity contribution in [1.82, 2.24) is 10.3 Å². The number of hydrogen-bond donors (Lipinski definition) is 1. The minimum Gasteiger partial charge on any atom is -0.350 e. The van der Waals surface area contributed by atoms with Gasteiger partial charge in [-0.05, 0) is 61.7 Å². The molecule has 4 heteroatoms. The molecule has 108 valence electrons. The molecular formula is C16H22N2OS. The highest BCUT2D eigenvalue weighted by Crippen LogP contribution is 2.61. The third kappa shape index (κ3) is 2.39. The first kappa shape index (κ1) is 12.8. The first-order valence-electron chi connectivity index (χ1n) is 7.85. The highest BCUT2D eigenvalue weighted by molar-refractivity contribution is 7.07. The van der Waals surface area contributed by atoms with Crippen LogP contribution in [0.25, 0.3) is 0 Å². The molecule has 0 aromatic carbocycles. The van der Waals surface area contributed by atoms with Crippen LogP contribution in [0.4, 0.5) is 0 Å². The summed E-state index contributed by atoms with van der Waals surface area (Å²) in [4.78, 5) is 16.5. The molecule has 0 spiro atoms. The maximum absolute atomic E-state index is 12.3. The van der Waals surface area contributed by atoms with Gasteiger partial charge in [-0.25, -0.2) is 4.98 Å². The van der Waals surface area contributed by atoms with Crippen molar-refractivity contribution in [2.24, 2.45) is 23.2 Å². The molecule has 0 radical (unpaired) electrons. The van der Waals surface area contributed by atoms with Crippen LogP contribution >= 0.6 is 11.3 Å². The van der Waals surface area contributed by atoms with Crippen molar-refractivity contribution >= 4 is 17.2 Å². The van der Waals surface area contributed by atoms with Crippen LogP contribution in [-0.2, 0) is 11.3 Å². The molecule has 1 aromatic heterocycles. The molecule has 1 aromatic rings. The Morgan fingerprint density at radius 3 is 2.45 bits per heavy atom. The summed E-state index contributed by atoms with van der Waals surface area (Å²) in [7, 11) is 0. The summed E-state index contributed by atoms with van der Waals surface area (Å²) in [5.74, 6) is 3.01. The van der Waals surface area contributed by atoms with E-state index in [1.807, 2.05) is 10.9 Å². The summed E-state index contributed by atoms with van der Waals surface area (Å²) in [6.07, 6.45) is 9.01. The Balaban J connectivity index is 1.37. The standard InChI is InChI=1S/C16H22N2OS/c19-15(17-8-14-9-20-10-18-14)7-16-4-11-1-12(5-16)3-13(2-11)6-16/h9-13H,1-8H2,(H,17,19). The fraction of sp³-hybridized carbons (Fsp3) is 0.750. The van der Waals surface area contributed by atoms with Crippen LogP contribution in [-0.4, -0.2) is 10.9 Å². The number of hydrogen-bond acceptors (Lipinski definition) is 3. The second kappa shape index (κ2) is 4.83. The van der Waals surface area contributed by atoms with E-state index in [9.17, 15) is 4.79 Å². The SMILES string of the molecule is O=C(CC12CC3CC(CC(C3)C1)C2)NCc1cscn1. The van der Waals surface area contributed by atoms with Crippen LogP contribution in [0.15, 0.2) is 10.9 Å². The van der Waals surface area contributed by atoms with Crippen LogP contribution in [0.1, 0.15) is 50.6 Å². The van der Waals surface area contributed by atoms with Crippen molar-refractivity contribution < 1.29 is 4.79 Å². The van der Waals surface area contributed by atoms with Gasteiger partial charge in [0.2, 0.25) is 5.91 Å². The Labute approximate surface area is 124 Å². The molecule has 4 fully saturated rings. The van der Waals surface area contributed by atoms with Crippen LogP contribution in [0.2, 0.25) is 0 Å². The number of rotatable bonds is 4. The lowest BCUT2D eigenvalue weighted by molar-refractivity contribution is -0.129. The number of carbonyl (C=O) groups excluding carboxylic acids is 1. The van der Waals surface area contributed by atoms with Gasteiger partial charge in [0.05, 0.1) is 17.7 Å². The van der Waals surface area contributed by atoms with Gasteiger partial charge >= 0.3 is 0 Å². The monoisotopic (exact) mass is 290 g/mol. The first-order chi connectivity index (χ1) is 9.71. The van der Waals surface area contributed by atoms with E-state index in [0.717, 1.165) is 29.9 Å². The molecule has 1 N–H and O–H groups in total. The quantitative estimate of drug-likeness (QED) is 0.924. The van der Waals surface area contributed by atoms with Gasteiger partial charge in [0.1, 0.15) is 0 Å². The second-order valence-corrected chi connectivity index (χ2v) is 8.07. The maximum Gasteiger partial charge on any atom is 0.220 e. The Morgan fingerprint density at radius 2 is 1.90 bits per heavy atom. The molecule has 20 heavy (non-hydrogen) atoms. The Kier molecular flexibility index (Phi) is 3.09. The Hall–Kier alpha value is -0.900. The van der Waals surface area contributed by atoms with Crippen LogP contribution in [0, 0.1) is 23.2 Å². The predicted molar refractivity (Wildman–Crippen MR) is 79.2 cm³/mol. The van der Waals surface area contributed by atoms with Crippen molar-refractivity contribution in [2.75, 3.05) is 0 Å². The summed E-state index contributed by atoms with van der Waals surface area (Å²) in [5, 5.41) is 5.07. The lowest BCUT2D eigenvalue weighted by atomic mass is 9.49. The largest absolute Gasteiger partial charge is 0.350 e. The molecule has 0 aliphatic heterocycles. The van der Waals surface area contributed by atoms with Gasteiger partial charge in [-0.2, -0.15) is 0 Å². The number of thiazole rings is 1. The van der Waals surface area contributed by atoms with Gasteiger partial charge in [0.25, 0.3) is 0 Å². The molecular weight excluding hydrogens is 268 g/mol. The highest BCUT2D eigenvalue weighted by atomic mass is 32.1. The van der Waals surface area contributed by atoms with E-state index >= 15 is 0 Å². The number of carbonyl (C=O) groups is 1. The van der Waals surface area contributed by atoms with Crippen molar-refractivity contribution in [2.45, 2.75) is 51.5 Å². The first-order valence-corrected chi connectivity index (χ1v) is 8.79. The van der Waals surface area contributed by atoms with E-state index in [1.165, 1.54) is 38.5 Å². The molecule has 5 rings (SSSR count). The fourth-order valence-electron chi connectivity index (χ4n) is 5.42. The van der Waals surface area contributed by atoms with Crippen LogP contribution < -0.4 is 5.32 Å². The van der Waals surface area contributed by atoms with Gasteiger partial charge in [-0.3, -0.25) is 4.79 Å². The molecule has 4 bridgehead atoms. The minimum absolute atomic E-state index is 0.236. The number of nitrogens with zero attached hydrogens (tertiary/aromatic N) is 1. The van der Waals surface area contributed by atoms with E-state index in [1.54, 1.807) is 11.3 Å². The van der Waals surface area contributed by atoms with Crippen molar-refractivity contribution in [1.29, 1.82) is 0 Å². The van der Waals surface area contributed by atoms with Crippen molar-refractivity contribution in [3.05, 3.63) is 16.6 Å². The summed E-state index contributed by atoms with van der Waals surface area (Å²) < 4.78 is 0. The van der Waals surface area contributed by atoms with E-state index in [0.29, 0.717) is 12.0 Å². The number of aromatic nitrogens is 1. The lowest BCUT2D eigenvalue weighted by Crippen LogP contribution is -2.47. The summed E-state index contributed by atoms with van der Waals surface area (Å²) in [5.41, 5.74) is 3.15. The zero-order valence-corrected chi connectivity index (χ0v) is 12.6. The third-order valence-corrected chi connectivity index (χ3v) is 6.29. The molecule has 0 saturated heterocycles. The zero-order chi connectivity index (χ0) is 13.6. The maximum atomic E-state index is 12.3. The normalized spacial score (nSPS) is 38.1. The van der Waals surface area contributed by atoms with E-state index in [-0.39, 0.29) is 5.91 Å². The predicted octanol–water partition coefficient (Wildman–Crippen LogP) is 3.37. The van der Waals surface area contributed by atoms with Crippen molar-refractivity contribution in [3.8, 4) is 0 Å². The average molecular weight is 290 g/mol. The molecule has 1 heterocycles.